The number of carboxylic acid groups (broad SMARTS) is 1. The number of aliphatic carboxylic acids is 1. The van der Waals surface area contributed by atoms with Gasteiger partial charge in [0.25, 0.3) is 5.91 Å². The molecule has 2 atom stereocenters. The van der Waals surface area contributed by atoms with Crippen molar-refractivity contribution in [3.8, 4) is 0 Å². The molecule has 3 aliphatic rings. The summed E-state index contributed by atoms with van der Waals surface area (Å²) in [6.07, 6.45) is 0. The number of carbonyl (C=O) groups is 3. The molecule has 0 aliphatic carbocycles. The van der Waals surface area contributed by atoms with E-state index in [2.05, 4.69) is 15.0 Å². The van der Waals surface area contributed by atoms with Gasteiger partial charge in [0.2, 0.25) is 5.54 Å². The highest BCUT2D eigenvalue weighted by Crippen LogP contribution is 2.57. The van der Waals surface area contributed by atoms with E-state index >= 15 is 0 Å². The number of fused-ring (bicyclic) bond motifs is 2. The fourth-order valence-electron chi connectivity index (χ4n) is 2.88. The van der Waals surface area contributed by atoms with Crippen molar-refractivity contribution >= 4 is 29.6 Å². The normalized spacial score (nSPS) is 32.4. The maximum absolute atomic E-state index is 12.4. The van der Waals surface area contributed by atoms with Crippen molar-refractivity contribution in [2.24, 2.45) is 10.2 Å². The molecule has 3 aliphatic heterocycles. The van der Waals surface area contributed by atoms with Crippen molar-refractivity contribution in [1.29, 1.82) is 0 Å². The second kappa shape index (κ2) is 4.06. The Morgan fingerprint density at radius 1 is 1.48 bits per heavy atom. The summed E-state index contributed by atoms with van der Waals surface area (Å²) in [6.45, 7) is 4.45. The van der Waals surface area contributed by atoms with Crippen LogP contribution >= 0.6 is 11.8 Å². The maximum Gasteiger partial charge on any atom is 0.359 e. The van der Waals surface area contributed by atoms with Gasteiger partial charge in [-0.2, -0.15) is 5.11 Å². The van der Waals surface area contributed by atoms with Gasteiger partial charge in [-0.05, 0) is 13.8 Å². The van der Waals surface area contributed by atoms with E-state index in [4.69, 9.17) is 0 Å². The summed E-state index contributed by atoms with van der Waals surface area (Å²) in [5.74, 6) is -2.70. The van der Waals surface area contributed by atoms with Crippen LogP contribution < -0.4 is 0 Å². The second-order valence-electron chi connectivity index (χ2n) is 5.65. The Balaban J connectivity index is 2.09. The van der Waals surface area contributed by atoms with E-state index in [1.54, 1.807) is 4.90 Å². The molecule has 112 valence electrons. The molecule has 0 aromatic carbocycles. The number of methoxy groups -OCH3 is 1. The number of β-lactam (4-membered cyclic amide) rings is 1. The summed E-state index contributed by atoms with van der Waals surface area (Å²) in [6, 6.07) is 0. The Morgan fingerprint density at radius 3 is 2.71 bits per heavy atom. The Labute approximate surface area is 124 Å². The minimum atomic E-state index is -1.59. The van der Waals surface area contributed by atoms with E-state index in [-0.39, 0.29) is 10.3 Å². The highest BCUT2D eigenvalue weighted by Gasteiger charge is 2.72. The average molecular weight is 311 g/mol. The van der Waals surface area contributed by atoms with Crippen LogP contribution in [0.5, 0.6) is 0 Å². The zero-order valence-electron chi connectivity index (χ0n) is 11.6. The number of amides is 1. The van der Waals surface area contributed by atoms with Gasteiger partial charge in [-0.1, -0.05) is 0 Å². The topological polar surface area (TPSA) is 109 Å². The van der Waals surface area contributed by atoms with E-state index in [1.807, 2.05) is 13.8 Å². The van der Waals surface area contributed by atoms with E-state index in [0.717, 1.165) is 7.11 Å². The smallest absolute Gasteiger partial charge is 0.359 e. The number of azo groups is 1. The summed E-state index contributed by atoms with van der Waals surface area (Å²) < 4.78 is 4.32. The van der Waals surface area contributed by atoms with Gasteiger partial charge in [-0.3, -0.25) is 4.79 Å². The van der Waals surface area contributed by atoms with Gasteiger partial charge < -0.3 is 14.7 Å². The van der Waals surface area contributed by atoms with Crippen molar-refractivity contribution in [1.82, 2.24) is 4.90 Å². The third-order valence-electron chi connectivity index (χ3n) is 3.73. The number of carboxylic acids is 1. The number of carbonyl (C=O) groups excluding carboxylic acids is 2. The minimum Gasteiger partial charge on any atom is -0.478 e. The van der Waals surface area contributed by atoms with Crippen LogP contribution in [0.3, 0.4) is 0 Å². The van der Waals surface area contributed by atoms with Gasteiger partial charge in [0.15, 0.2) is 5.70 Å². The van der Waals surface area contributed by atoms with Crippen LogP contribution in [0.15, 0.2) is 21.5 Å². The molecule has 2 unspecified atom stereocenters. The molecule has 2 fully saturated rings. The summed E-state index contributed by atoms with van der Waals surface area (Å²) in [4.78, 5) is 37.2. The molecule has 3 rings (SSSR count). The van der Waals surface area contributed by atoms with Crippen molar-refractivity contribution in [3.05, 3.63) is 11.3 Å². The minimum absolute atomic E-state index is 0.197. The predicted molar refractivity (Wildman–Crippen MR) is 71.4 cm³/mol. The van der Waals surface area contributed by atoms with Crippen LogP contribution in [0.2, 0.25) is 0 Å². The van der Waals surface area contributed by atoms with Crippen LogP contribution in [-0.4, -0.2) is 57.2 Å². The molecule has 0 radical (unpaired) electrons. The van der Waals surface area contributed by atoms with Crippen molar-refractivity contribution in [3.63, 3.8) is 0 Å². The quantitative estimate of drug-likeness (QED) is 0.584. The third kappa shape index (κ3) is 1.60. The molecule has 2 saturated heterocycles. The van der Waals surface area contributed by atoms with Crippen LogP contribution in [0, 0.1) is 0 Å². The van der Waals surface area contributed by atoms with E-state index in [9.17, 15) is 19.5 Å². The van der Waals surface area contributed by atoms with Crippen molar-refractivity contribution < 1.29 is 24.2 Å². The lowest BCUT2D eigenvalue weighted by molar-refractivity contribution is -0.152. The third-order valence-corrected chi connectivity index (χ3v) is 5.31. The van der Waals surface area contributed by atoms with Crippen molar-refractivity contribution in [2.75, 3.05) is 13.7 Å². The molecular weight excluding hydrogens is 298 g/mol. The molecule has 0 bridgehead atoms. The first-order valence-corrected chi connectivity index (χ1v) is 7.11. The van der Waals surface area contributed by atoms with Crippen LogP contribution in [0.4, 0.5) is 0 Å². The maximum atomic E-state index is 12.4. The summed E-state index contributed by atoms with van der Waals surface area (Å²) in [7, 11) is 1.12. The molecule has 8 nitrogen and oxygen atoms in total. The zero-order valence-corrected chi connectivity index (χ0v) is 12.4. The molecule has 0 saturated carbocycles. The lowest BCUT2D eigenvalue weighted by Gasteiger charge is -2.47. The lowest BCUT2D eigenvalue weighted by Crippen LogP contribution is -2.70. The number of thioether (sulfide) groups is 1. The first-order valence-electron chi connectivity index (χ1n) is 6.23. The first kappa shape index (κ1) is 14.1. The SMILES string of the molecule is COC(=O)C1=C(C(=O)O)C2(N=N1)C(=O)N1CC(C)(C)SC12. The molecule has 1 amide bonds. The fraction of sp³-hybridized carbons (Fsp3) is 0.583. The summed E-state index contributed by atoms with van der Waals surface area (Å²) >= 11 is 1.46. The molecule has 0 aromatic rings. The Morgan fingerprint density at radius 2 is 2.14 bits per heavy atom. The number of rotatable bonds is 2. The van der Waals surface area contributed by atoms with Gasteiger partial charge in [0.05, 0.1) is 7.11 Å². The van der Waals surface area contributed by atoms with Gasteiger partial charge >= 0.3 is 11.9 Å². The standard InChI is InChI=1S/C12H13N3O5S/c1-11(2)4-15-9(19)12(10(15)21-11)5(7(16)17)6(13-14-12)8(18)20-3/h10H,4H2,1-3H3,(H,16,17). The number of hydrogen-bond acceptors (Lipinski definition) is 7. The molecule has 3 heterocycles. The van der Waals surface area contributed by atoms with Gasteiger partial charge in [0, 0.05) is 11.3 Å². The molecular formula is C12H13N3O5S. The van der Waals surface area contributed by atoms with E-state index in [1.165, 1.54) is 11.8 Å². The van der Waals surface area contributed by atoms with Gasteiger partial charge in [-0.15, -0.1) is 16.9 Å². The number of nitrogens with zero attached hydrogens (tertiary/aromatic N) is 3. The Kier molecular flexibility index (Phi) is 2.72. The van der Waals surface area contributed by atoms with E-state index in [0.29, 0.717) is 6.54 Å². The highest BCUT2D eigenvalue weighted by atomic mass is 32.2. The molecule has 1 spiro atoms. The van der Waals surface area contributed by atoms with Crippen molar-refractivity contribution in [2.45, 2.75) is 29.5 Å². The zero-order chi connectivity index (χ0) is 15.6. The summed E-state index contributed by atoms with van der Waals surface area (Å²) in [5.41, 5.74) is -2.37. The number of hydrogen-bond donors (Lipinski definition) is 1. The number of ether oxygens (including phenoxy) is 1. The Bertz CT molecular complexity index is 641. The van der Waals surface area contributed by atoms with E-state index < -0.39 is 34.5 Å². The highest BCUT2D eigenvalue weighted by molar-refractivity contribution is 8.01. The molecule has 0 aromatic heterocycles. The fourth-order valence-corrected chi connectivity index (χ4v) is 4.43. The summed E-state index contributed by atoms with van der Waals surface area (Å²) in [5, 5.41) is 16.5. The predicted octanol–water partition coefficient (Wildman–Crippen LogP) is 0.396. The second-order valence-corrected chi connectivity index (χ2v) is 7.44. The molecule has 1 N–H and O–H groups in total. The first-order chi connectivity index (χ1) is 9.74. The lowest BCUT2D eigenvalue weighted by atomic mass is 9.80. The average Bonchev–Trinajstić information content (AvgIpc) is 2.95. The van der Waals surface area contributed by atoms with Crippen LogP contribution in [0.1, 0.15) is 13.8 Å². The van der Waals surface area contributed by atoms with Gasteiger partial charge in [-0.25, -0.2) is 9.59 Å². The monoisotopic (exact) mass is 311 g/mol. The van der Waals surface area contributed by atoms with Crippen LogP contribution in [-0.2, 0) is 19.1 Å². The molecule has 21 heavy (non-hydrogen) atoms. The number of esters is 1. The largest absolute Gasteiger partial charge is 0.478 e. The van der Waals surface area contributed by atoms with Crippen LogP contribution in [0.25, 0.3) is 0 Å². The van der Waals surface area contributed by atoms with Gasteiger partial charge in [0.1, 0.15) is 10.9 Å². The molecule has 9 heteroatoms. The Hall–Kier alpha value is -1.90.